The van der Waals surface area contributed by atoms with Gasteiger partial charge in [0.25, 0.3) is 0 Å². The second-order valence-corrected chi connectivity index (χ2v) is 6.57. The van der Waals surface area contributed by atoms with Crippen LogP contribution in [0.15, 0.2) is 0 Å². The Kier molecular flexibility index (Phi) is 6.54. The summed E-state index contributed by atoms with van der Waals surface area (Å²) in [5, 5.41) is 0. The van der Waals surface area contributed by atoms with E-state index >= 15 is 0 Å². The normalized spacial score (nSPS) is 30.3. The number of hydrogen-bond donors (Lipinski definition) is 1. The van der Waals surface area contributed by atoms with Gasteiger partial charge in [-0.2, -0.15) is 0 Å². The Morgan fingerprint density at radius 2 is 1.84 bits per heavy atom. The quantitative estimate of drug-likeness (QED) is 0.845. The molecule has 0 bridgehead atoms. The van der Waals surface area contributed by atoms with E-state index in [4.69, 9.17) is 10.5 Å². The number of likely N-dealkylation sites (tertiary alicyclic amines) is 1. The molecule has 114 valence electrons. The van der Waals surface area contributed by atoms with E-state index < -0.39 is 0 Å². The summed E-state index contributed by atoms with van der Waals surface area (Å²) < 4.78 is 5.46. The van der Waals surface area contributed by atoms with E-state index in [-0.39, 0.29) is 17.9 Å². The molecule has 19 heavy (non-hydrogen) atoms. The maximum absolute atomic E-state index is 6.15. The molecular weight excluding hydrogens is 262 g/mol. The molecule has 2 heterocycles. The number of nitrogens with zero attached hydrogens (tertiary/aromatic N) is 2. The lowest BCUT2D eigenvalue weighted by molar-refractivity contribution is 0.0100. The summed E-state index contributed by atoms with van der Waals surface area (Å²) in [6.07, 6.45) is 1.27. The Morgan fingerprint density at radius 1 is 1.21 bits per heavy atom. The van der Waals surface area contributed by atoms with Gasteiger partial charge in [-0.15, -0.1) is 12.4 Å². The fraction of sp³-hybridized carbons (Fsp3) is 1.00. The molecule has 2 atom stereocenters. The molecule has 0 amide bonds. The minimum Gasteiger partial charge on any atom is -0.379 e. The van der Waals surface area contributed by atoms with Crippen molar-refractivity contribution >= 4 is 12.4 Å². The maximum atomic E-state index is 6.15. The SMILES string of the molecule is CCC1CN(CC(C)(C)N)CC1N1CCOCC1.Cl. The molecule has 2 unspecified atom stereocenters. The summed E-state index contributed by atoms with van der Waals surface area (Å²) >= 11 is 0. The smallest absolute Gasteiger partial charge is 0.0594 e. The predicted octanol–water partition coefficient (Wildman–Crippen LogP) is 1.19. The zero-order chi connectivity index (χ0) is 13.2. The van der Waals surface area contributed by atoms with Crippen molar-refractivity contribution in [2.45, 2.75) is 38.8 Å². The Labute approximate surface area is 124 Å². The van der Waals surface area contributed by atoms with E-state index in [2.05, 4.69) is 30.6 Å². The Morgan fingerprint density at radius 3 is 2.37 bits per heavy atom. The van der Waals surface area contributed by atoms with Gasteiger partial charge < -0.3 is 10.5 Å². The van der Waals surface area contributed by atoms with E-state index in [0.29, 0.717) is 6.04 Å². The molecule has 0 aromatic heterocycles. The van der Waals surface area contributed by atoms with Crippen LogP contribution >= 0.6 is 12.4 Å². The van der Waals surface area contributed by atoms with E-state index in [0.717, 1.165) is 38.8 Å². The maximum Gasteiger partial charge on any atom is 0.0594 e. The number of hydrogen-bond acceptors (Lipinski definition) is 4. The highest BCUT2D eigenvalue weighted by Gasteiger charge is 2.37. The van der Waals surface area contributed by atoms with Gasteiger partial charge in [-0.1, -0.05) is 13.3 Å². The van der Waals surface area contributed by atoms with Crippen LogP contribution in [0.25, 0.3) is 0 Å². The van der Waals surface area contributed by atoms with Crippen LogP contribution in [0, 0.1) is 5.92 Å². The molecule has 0 aliphatic carbocycles. The summed E-state index contributed by atoms with van der Waals surface area (Å²) in [6.45, 7) is 13.9. The third-order valence-corrected chi connectivity index (χ3v) is 4.15. The summed E-state index contributed by atoms with van der Waals surface area (Å²) in [7, 11) is 0. The largest absolute Gasteiger partial charge is 0.379 e. The second-order valence-electron chi connectivity index (χ2n) is 6.57. The molecule has 2 N–H and O–H groups in total. The Hall–Kier alpha value is 0.130. The average Bonchev–Trinajstić information content (AvgIpc) is 2.71. The standard InChI is InChI=1S/C14H29N3O.ClH/c1-4-12-9-16(11-14(2,3)15)10-13(12)17-5-7-18-8-6-17;/h12-13H,4-11,15H2,1-3H3;1H. The highest BCUT2D eigenvalue weighted by Crippen LogP contribution is 2.26. The first-order chi connectivity index (χ1) is 8.49. The summed E-state index contributed by atoms with van der Waals surface area (Å²) in [5.74, 6) is 0.797. The van der Waals surface area contributed by atoms with E-state index in [1.54, 1.807) is 0 Å². The topological polar surface area (TPSA) is 41.7 Å². The van der Waals surface area contributed by atoms with Crippen LogP contribution in [0.5, 0.6) is 0 Å². The molecule has 0 aromatic rings. The lowest BCUT2D eigenvalue weighted by atomic mass is 9.99. The van der Waals surface area contributed by atoms with Crippen molar-refractivity contribution in [2.24, 2.45) is 11.7 Å². The van der Waals surface area contributed by atoms with E-state index in [9.17, 15) is 0 Å². The van der Waals surface area contributed by atoms with Gasteiger partial charge in [-0.3, -0.25) is 9.80 Å². The summed E-state index contributed by atoms with van der Waals surface area (Å²) in [5.41, 5.74) is 6.07. The lowest BCUT2D eigenvalue weighted by Crippen LogP contribution is -2.48. The average molecular weight is 292 g/mol. The molecule has 2 aliphatic heterocycles. The third-order valence-electron chi connectivity index (χ3n) is 4.15. The Bertz CT molecular complexity index is 264. The minimum atomic E-state index is -0.0851. The number of nitrogens with two attached hydrogens (primary N) is 1. The van der Waals surface area contributed by atoms with Gasteiger partial charge in [0.1, 0.15) is 0 Å². The molecular formula is C14H30ClN3O. The first-order valence-electron chi connectivity index (χ1n) is 7.32. The molecule has 2 fully saturated rings. The lowest BCUT2D eigenvalue weighted by Gasteiger charge is -2.35. The highest BCUT2D eigenvalue weighted by molar-refractivity contribution is 5.85. The summed E-state index contributed by atoms with van der Waals surface area (Å²) in [6, 6.07) is 0.709. The molecule has 0 spiro atoms. The van der Waals surface area contributed by atoms with Crippen molar-refractivity contribution in [1.29, 1.82) is 0 Å². The van der Waals surface area contributed by atoms with Gasteiger partial charge in [0.2, 0.25) is 0 Å². The molecule has 5 heteroatoms. The zero-order valence-corrected chi connectivity index (χ0v) is 13.4. The fourth-order valence-corrected chi connectivity index (χ4v) is 3.37. The van der Waals surface area contributed by atoms with Crippen LogP contribution in [-0.2, 0) is 4.74 Å². The number of halogens is 1. The van der Waals surface area contributed by atoms with Gasteiger partial charge in [-0.05, 0) is 19.8 Å². The zero-order valence-electron chi connectivity index (χ0n) is 12.6. The summed E-state index contributed by atoms with van der Waals surface area (Å²) in [4.78, 5) is 5.18. The van der Waals surface area contributed by atoms with Gasteiger partial charge in [0, 0.05) is 44.3 Å². The van der Waals surface area contributed by atoms with E-state index in [1.807, 2.05) is 0 Å². The molecule has 2 rings (SSSR count). The predicted molar refractivity (Wildman–Crippen MR) is 81.9 cm³/mol. The first-order valence-corrected chi connectivity index (χ1v) is 7.32. The second kappa shape index (κ2) is 7.23. The van der Waals surface area contributed by atoms with Gasteiger partial charge in [-0.25, -0.2) is 0 Å². The van der Waals surface area contributed by atoms with Crippen LogP contribution < -0.4 is 5.73 Å². The molecule has 0 aromatic carbocycles. The van der Waals surface area contributed by atoms with Crippen molar-refractivity contribution in [3.05, 3.63) is 0 Å². The molecule has 0 saturated carbocycles. The van der Waals surface area contributed by atoms with Crippen LogP contribution in [-0.4, -0.2) is 67.3 Å². The minimum absolute atomic E-state index is 0. The number of ether oxygens (including phenoxy) is 1. The first kappa shape index (κ1) is 17.2. The van der Waals surface area contributed by atoms with Gasteiger partial charge in [0.05, 0.1) is 13.2 Å². The van der Waals surface area contributed by atoms with Crippen molar-refractivity contribution in [1.82, 2.24) is 9.80 Å². The van der Waals surface area contributed by atoms with Crippen molar-refractivity contribution in [3.63, 3.8) is 0 Å². The van der Waals surface area contributed by atoms with Gasteiger partial charge >= 0.3 is 0 Å². The van der Waals surface area contributed by atoms with E-state index in [1.165, 1.54) is 19.5 Å². The third kappa shape index (κ3) is 4.87. The monoisotopic (exact) mass is 291 g/mol. The van der Waals surface area contributed by atoms with Crippen molar-refractivity contribution in [2.75, 3.05) is 45.9 Å². The van der Waals surface area contributed by atoms with Crippen molar-refractivity contribution in [3.8, 4) is 0 Å². The Balaban J connectivity index is 0.00000180. The number of rotatable bonds is 4. The van der Waals surface area contributed by atoms with Crippen LogP contribution in [0.1, 0.15) is 27.2 Å². The fourth-order valence-electron chi connectivity index (χ4n) is 3.37. The number of morpholine rings is 1. The van der Waals surface area contributed by atoms with Crippen LogP contribution in [0.2, 0.25) is 0 Å². The molecule has 2 aliphatic rings. The molecule has 4 nitrogen and oxygen atoms in total. The van der Waals surface area contributed by atoms with Crippen LogP contribution in [0.3, 0.4) is 0 Å². The molecule has 2 saturated heterocycles. The van der Waals surface area contributed by atoms with Gasteiger partial charge in [0.15, 0.2) is 0 Å². The molecule has 0 radical (unpaired) electrons. The van der Waals surface area contributed by atoms with Crippen molar-refractivity contribution < 1.29 is 4.74 Å². The highest BCUT2D eigenvalue weighted by atomic mass is 35.5. The van der Waals surface area contributed by atoms with Crippen LogP contribution in [0.4, 0.5) is 0 Å².